The van der Waals surface area contributed by atoms with Gasteiger partial charge in [-0.2, -0.15) is 0 Å². The van der Waals surface area contributed by atoms with E-state index in [4.69, 9.17) is 24.4 Å². The smallest absolute Gasteiger partial charge is 0.147 e. The first-order chi connectivity index (χ1) is 21.7. The minimum Gasteiger partial charge on any atom is -0.356 e. The Morgan fingerprint density at radius 1 is 0.409 bits per heavy atom. The van der Waals surface area contributed by atoms with Crippen LogP contribution in [0.15, 0.2) is 0 Å². The summed E-state index contributed by atoms with van der Waals surface area (Å²) in [5.74, 6) is 5.95. The predicted octanol–water partition coefficient (Wildman–Crippen LogP) is 12.8. The van der Waals surface area contributed by atoms with Crippen molar-refractivity contribution in [2.45, 2.75) is 154 Å². The molecule has 4 saturated carbocycles. The van der Waals surface area contributed by atoms with E-state index in [1.165, 1.54) is 200 Å². The summed E-state index contributed by atoms with van der Waals surface area (Å²) in [6.45, 7) is 4.89. The van der Waals surface area contributed by atoms with E-state index in [0.717, 1.165) is 23.7 Å². The molecule has 2 nitrogen and oxygen atoms in total. The van der Waals surface area contributed by atoms with Crippen molar-refractivity contribution >= 4 is 76.3 Å². The molecule has 4 aliphatic rings. The van der Waals surface area contributed by atoms with Crippen LogP contribution >= 0.6 is 67.6 Å². The summed E-state index contributed by atoms with van der Waals surface area (Å²) in [6.07, 6.45) is 33.9. The molecule has 8 heteroatoms. The van der Waals surface area contributed by atoms with E-state index in [1.807, 2.05) is 43.2 Å². The fourth-order valence-corrected chi connectivity index (χ4v) is 13.3. The van der Waals surface area contributed by atoms with Crippen molar-refractivity contribution in [2.24, 2.45) is 23.7 Å². The van der Waals surface area contributed by atoms with E-state index < -0.39 is 0 Å². The van der Waals surface area contributed by atoms with Crippen molar-refractivity contribution < 1.29 is 0 Å². The number of hydrogen-bond acceptors (Lipinski definition) is 6. The van der Waals surface area contributed by atoms with Crippen molar-refractivity contribution in [1.82, 2.24) is 9.80 Å². The highest BCUT2D eigenvalue weighted by molar-refractivity contribution is 8.84. The zero-order valence-corrected chi connectivity index (χ0v) is 32.8. The summed E-state index contributed by atoms with van der Waals surface area (Å²) in [7, 11) is 7.86. The third-order valence-corrected chi connectivity index (χ3v) is 17.0. The van der Waals surface area contributed by atoms with Gasteiger partial charge in [-0.1, -0.05) is 136 Å². The van der Waals surface area contributed by atoms with E-state index >= 15 is 0 Å². The fraction of sp³-hybridized carbons (Fsp3) is 0.944. The summed E-state index contributed by atoms with van der Waals surface area (Å²) in [4.78, 5) is 5.29. The number of hydrogen-bond donors (Lipinski definition) is 0. The maximum Gasteiger partial charge on any atom is 0.147 e. The van der Waals surface area contributed by atoms with Crippen molar-refractivity contribution in [1.29, 1.82) is 0 Å². The van der Waals surface area contributed by atoms with Gasteiger partial charge in [-0.25, -0.2) is 0 Å². The second-order valence-electron chi connectivity index (χ2n) is 14.6. The lowest BCUT2D eigenvalue weighted by Crippen LogP contribution is -2.37. The first-order valence-corrected chi connectivity index (χ1v) is 24.3. The highest BCUT2D eigenvalue weighted by Crippen LogP contribution is 2.34. The summed E-state index contributed by atoms with van der Waals surface area (Å²) in [5, 5.41) is 0. The van der Waals surface area contributed by atoms with Gasteiger partial charge < -0.3 is 9.80 Å². The molecule has 0 amide bonds. The van der Waals surface area contributed by atoms with Gasteiger partial charge in [0, 0.05) is 37.7 Å². The Kier molecular flexibility index (Phi) is 20.3. The maximum atomic E-state index is 6.04. The third kappa shape index (κ3) is 15.6. The Morgan fingerprint density at radius 3 is 0.955 bits per heavy atom. The van der Waals surface area contributed by atoms with Crippen LogP contribution in [0.2, 0.25) is 0 Å². The standard InChI is InChI=1S/C36H64N2S6/c39-35(37(27-31-17-7-3-8-18-31)28-32-19-9-4-10-20-32)43-41-25-15-1-2-16-26-42-44-36(40)38(29-33-21-11-5-12-22-33)30-34-23-13-6-14-24-34/h31-34H,1-30H2. The van der Waals surface area contributed by atoms with Gasteiger partial charge in [-0.05, 0) is 109 Å². The van der Waals surface area contributed by atoms with Gasteiger partial charge in [0.15, 0.2) is 0 Å². The summed E-state index contributed by atoms with van der Waals surface area (Å²) >= 11 is 12.1. The molecule has 254 valence electrons. The second kappa shape index (κ2) is 23.5. The Bertz CT molecular complexity index is 669. The van der Waals surface area contributed by atoms with E-state index in [0.29, 0.717) is 0 Å². The lowest BCUT2D eigenvalue weighted by atomic mass is 9.87. The van der Waals surface area contributed by atoms with Gasteiger partial charge in [0.25, 0.3) is 0 Å². The molecule has 0 N–H and O–H groups in total. The number of rotatable bonds is 17. The largest absolute Gasteiger partial charge is 0.356 e. The molecule has 0 aromatic rings. The number of nitrogens with zero attached hydrogens (tertiary/aromatic N) is 2. The van der Waals surface area contributed by atoms with Crippen LogP contribution in [0.25, 0.3) is 0 Å². The summed E-state index contributed by atoms with van der Waals surface area (Å²) < 4.78 is 2.35. The van der Waals surface area contributed by atoms with Crippen LogP contribution < -0.4 is 0 Å². The Labute approximate surface area is 299 Å². The van der Waals surface area contributed by atoms with Gasteiger partial charge in [-0.3, -0.25) is 0 Å². The number of thiocarbonyl (C=S) groups is 2. The van der Waals surface area contributed by atoms with Crippen molar-refractivity contribution in [2.75, 3.05) is 37.7 Å². The minimum atomic E-state index is 0.873. The van der Waals surface area contributed by atoms with Crippen molar-refractivity contribution in [3.05, 3.63) is 0 Å². The van der Waals surface area contributed by atoms with E-state index in [9.17, 15) is 0 Å². The molecule has 0 bridgehead atoms. The lowest BCUT2D eigenvalue weighted by molar-refractivity contribution is 0.230. The molecular weight excluding hydrogens is 653 g/mol. The average molecular weight is 717 g/mol. The minimum absolute atomic E-state index is 0.873. The van der Waals surface area contributed by atoms with Crippen molar-refractivity contribution in [3.8, 4) is 0 Å². The molecule has 0 saturated heterocycles. The van der Waals surface area contributed by atoms with Gasteiger partial charge >= 0.3 is 0 Å². The third-order valence-electron chi connectivity index (χ3n) is 10.8. The quantitative estimate of drug-likeness (QED) is 0.0823. The predicted molar refractivity (Wildman–Crippen MR) is 213 cm³/mol. The first-order valence-electron chi connectivity index (χ1n) is 18.8. The van der Waals surface area contributed by atoms with Crippen LogP contribution in [0.1, 0.15) is 154 Å². The molecule has 44 heavy (non-hydrogen) atoms. The van der Waals surface area contributed by atoms with Gasteiger partial charge in [0.05, 0.1) is 0 Å². The summed E-state index contributed by atoms with van der Waals surface area (Å²) in [5.41, 5.74) is 0. The van der Waals surface area contributed by atoms with Gasteiger partial charge in [0.1, 0.15) is 8.64 Å². The average Bonchev–Trinajstić information content (AvgIpc) is 3.06. The Hall–Kier alpha value is 1.18. The van der Waals surface area contributed by atoms with Crippen LogP contribution in [0.5, 0.6) is 0 Å². The molecule has 0 aromatic heterocycles. The fourth-order valence-electron chi connectivity index (χ4n) is 8.14. The van der Waals surface area contributed by atoms with Gasteiger partial charge in [0.2, 0.25) is 0 Å². The lowest BCUT2D eigenvalue weighted by Gasteiger charge is -2.34. The molecular formula is C36H64N2S6. The molecule has 0 atom stereocenters. The molecule has 4 aliphatic carbocycles. The molecule has 0 aliphatic heterocycles. The Balaban J connectivity index is 1.05. The van der Waals surface area contributed by atoms with E-state index in [2.05, 4.69) is 9.80 Å². The molecule has 4 fully saturated rings. The zero-order valence-electron chi connectivity index (χ0n) is 27.9. The Morgan fingerprint density at radius 2 is 0.682 bits per heavy atom. The first kappa shape index (κ1) is 38.0. The monoisotopic (exact) mass is 716 g/mol. The highest BCUT2D eigenvalue weighted by atomic mass is 33.1. The van der Waals surface area contributed by atoms with Crippen LogP contribution in [0, 0.1) is 23.7 Å². The molecule has 4 rings (SSSR count). The molecule has 0 aromatic carbocycles. The highest BCUT2D eigenvalue weighted by Gasteiger charge is 2.25. The van der Waals surface area contributed by atoms with E-state index in [1.54, 1.807) is 0 Å². The molecule has 0 spiro atoms. The zero-order chi connectivity index (χ0) is 30.7. The maximum absolute atomic E-state index is 6.04. The van der Waals surface area contributed by atoms with Crippen LogP contribution in [-0.2, 0) is 0 Å². The molecule has 0 unspecified atom stereocenters. The summed E-state index contributed by atoms with van der Waals surface area (Å²) in [6, 6.07) is 0. The SMILES string of the molecule is S=C(SSCCCCCCSSC(=S)N(CC1CCCCC1)CC1CCCCC1)N(CC1CCCCC1)CC1CCCCC1. The van der Waals surface area contributed by atoms with Crippen molar-refractivity contribution in [3.63, 3.8) is 0 Å². The van der Waals surface area contributed by atoms with Crippen LogP contribution in [0.3, 0.4) is 0 Å². The van der Waals surface area contributed by atoms with Crippen LogP contribution in [0.4, 0.5) is 0 Å². The van der Waals surface area contributed by atoms with E-state index in [-0.39, 0.29) is 0 Å². The second-order valence-corrected chi connectivity index (χ2v) is 20.7. The molecule has 0 heterocycles. The topological polar surface area (TPSA) is 6.48 Å². The normalized spacial score (nSPS) is 21.4. The molecule has 0 radical (unpaired) electrons. The van der Waals surface area contributed by atoms with Gasteiger partial charge in [-0.15, -0.1) is 0 Å². The van der Waals surface area contributed by atoms with Crippen LogP contribution in [-0.4, -0.2) is 56.1 Å². The number of unbranched alkanes of at least 4 members (excludes halogenated alkanes) is 3.